The molecule has 0 bridgehead atoms. The zero-order chi connectivity index (χ0) is 20.2. The molecule has 0 radical (unpaired) electrons. The van der Waals surface area contributed by atoms with E-state index in [4.69, 9.17) is 0 Å². The summed E-state index contributed by atoms with van der Waals surface area (Å²) >= 11 is 0. The summed E-state index contributed by atoms with van der Waals surface area (Å²) in [6.07, 6.45) is 0. The van der Waals surface area contributed by atoms with Crippen molar-refractivity contribution >= 4 is 27.6 Å². The number of carbonyl (C=O) groups excluding carboxylic acids is 1. The summed E-state index contributed by atoms with van der Waals surface area (Å²) in [5.74, 6) is -1.81. The number of sulfonamides is 1. The van der Waals surface area contributed by atoms with Gasteiger partial charge in [0.2, 0.25) is 15.9 Å². The van der Waals surface area contributed by atoms with E-state index >= 15 is 0 Å². The molecule has 0 saturated carbocycles. The summed E-state index contributed by atoms with van der Waals surface area (Å²) < 4.78 is 26.3. The standard InChI is InChI=1S/C19H22N2O5S/c1-14-9-11-17(12-10-14)27(25,26)20(3)13-18(22)21(15(2)19(23)24)16-7-5-4-6-8-16/h4-12,15H,13H2,1-3H3,(H,23,24)/t15-/m0/s1. The molecule has 1 atom stereocenters. The number of benzene rings is 2. The van der Waals surface area contributed by atoms with E-state index in [2.05, 4.69) is 0 Å². The largest absolute Gasteiger partial charge is 0.480 e. The quantitative estimate of drug-likeness (QED) is 0.781. The molecule has 8 heteroatoms. The fourth-order valence-corrected chi connectivity index (χ4v) is 3.64. The first-order valence-electron chi connectivity index (χ1n) is 8.27. The van der Waals surface area contributed by atoms with Gasteiger partial charge in [-0.25, -0.2) is 13.2 Å². The number of anilines is 1. The maximum Gasteiger partial charge on any atom is 0.326 e. The van der Waals surface area contributed by atoms with E-state index in [1.54, 1.807) is 42.5 Å². The monoisotopic (exact) mass is 390 g/mol. The summed E-state index contributed by atoms with van der Waals surface area (Å²) in [5, 5.41) is 9.33. The van der Waals surface area contributed by atoms with E-state index in [1.165, 1.54) is 26.1 Å². The number of carboxylic acids is 1. The number of hydrogen-bond acceptors (Lipinski definition) is 4. The second-order valence-electron chi connectivity index (χ2n) is 6.19. The number of amides is 1. The van der Waals surface area contributed by atoms with Gasteiger partial charge in [-0.2, -0.15) is 4.31 Å². The molecule has 0 aliphatic rings. The molecular weight excluding hydrogens is 368 g/mol. The van der Waals surface area contributed by atoms with Crippen LogP contribution in [0.2, 0.25) is 0 Å². The molecule has 7 nitrogen and oxygen atoms in total. The van der Waals surface area contributed by atoms with Crippen LogP contribution in [0, 0.1) is 6.92 Å². The van der Waals surface area contributed by atoms with Crippen molar-refractivity contribution in [2.24, 2.45) is 0 Å². The van der Waals surface area contributed by atoms with Crippen LogP contribution in [-0.2, 0) is 19.6 Å². The fourth-order valence-electron chi connectivity index (χ4n) is 2.52. The van der Waals surface area contributed by atoms with Gasteiger partial charge in [-0.15, -0.1) is 0 Å². The van der Waals surface area contributed by atoms with Crippen molar-refractivity contribution in [3.8, 4) is 0 Å². The number of aliphatic carboxylic acids is 1. The SMILES string of the molecule is Cc1ccc(S(=O)(=O)N(C)CC(=O)N(c2ccccc2)[C@@H](C)C(=O)O)cc1. The van der Waals surface area contributed by atoms with E-state index in [0.717, 1.165) is 14.8 Å². The molecule has 0 fully saturated rings. The van der Waals surface area contributed by atoms with E-state index in [-0.39, 0.29) is 4.90 Å². The Morgan fingerprint density at radius 1 is 1.04 bits per heavy atom. The maximum absolute atomic E-state index is 12.8. The number of likely N-dealkylation sites (N-methyl/N-ethyl adjacent to an activating group) is 1. The van der Waals surface area contributed by atoms with Gasteiger partial charge in [0.25, 0.3) is 0 Å². The van der Waals surface area contributed by atoms with Crippen molar-refractivity contribution in [3.63, 3.8) is 0 Å². The Bertz CT molecular complexity index is 911. The van der Waals surface area contributed by atoms with Crippen LogP contribution in [0.5, 0.6) is 0 Å². The molecule has 0 aromatic heterocycles. The molecule has 0 saturated heterocycles. The molecular formula is C19H22N2O5S. The van der Waals surface area contributed by atoms with Gasteiger partial charge in [-0.1, -0.05) is 35.9 Å². The lowest BCUT2D eigenvalue weighted by Crippen LogP contribution is -2.48. The molecule has 144 valence electrons. The van der Waals surface area contributed by atoms with Gasteiger partial charge in [0.05, 0.1) is 11.4 Å². The first-order valence-corrected chi connectivity index (χ1v) is 9.71. The molecule has 1 amide bonds. The Kier molecular flexibility index (Phi) is 6.35. The summed E-state index contributed by atoms with van der Waals surface area (Å²) in [4.78, 5) is 25.4. The van der Waals surface area contributed by atoms with Crippen molar-refractivity contribution in [1.82, 2.24) is 4.31 Å². The summed E-state index contributed by atoms with van der Waals surface area (Å²) in [5.41, 5.74) is 1.30. The van der Waals surface area contributed by atoms with E-state index in [9.17, 15) is 23.1 Å². The van der Waals surface area contributed by atoms with Gasteiger partial charge < -0.3 is 5.11 Å². The smallest absolute Gasteiger partial charge is 0.326 e. The predicted octanol–water partition coefficient (Wildman–Crippen LogP) is 2.12. The van der Waals surface area contributed by atoms with Crippen LogP contribution in [0.15, 0.2) is 59.5 Å². The van der Waals surface area contributed by atoms with Crippen LogP contribution in [0.1, 0.15) is 12.5 Å². The Balaban J connectivity index is 2.28. The number of nitrogens with zero attached hydrogens (tertiary/aromatic N) is 2. The first kappa shape index (κ1) is 20.6. The van der Waals surface area contributed by atoms with Crippen molar-refractivity contribution in [3.05, 3.63) is 60.2 Å². The number of rotatable bonds is 7. The number of para-hydroxylation sites is 1. The highest BCUT2D eigenvalue weighted by molar-refractivity contribution is 7.89. The molecule has 0 unspecified atom stereocenters. The Morgan fingerprint density at radius 3 is 2.11 bits per heavy atom. The lowest BCUT2D eigenvalue weighted by atomic mass is 10.2. The second kappa shape index (κ2) is 8.32. The third-order valence-corrected chi connectivity index (χ3v) is 5.95. The van der Waals surface area contributed by atoms with Gasteiger partial charge >= 0.3 is 5.97 Å². The van der Waals surface area contributed by atoms with Crippen LogP contribution in [0.25, 0.3) is 0 Å². The highest BCUT2D eigenvalue weighted by Crippen LogP contribution is 2.19. The van der Waals surface area contributed by atoms with Gasteiger partial charge in [-0.3, -0.25) is 9.69 Å². The van der Waals surface area contributed by atoms with Crippen molar-refractivity contribution < 1.29 is 23.1 Å². The number of carbonyl (C=O) groups is 2. The topological polar surface area (TPSA) is 95.0 Å². The minimum Gasteiger partial charge on any atom is -0.480 e. The van der Waals surface area contributed by atoms with Crippen molar-refractivity contribution in [2.45, 2.75) is 24.8 Å². The molecule has 0 spiro atoms. The van der Waals surface area contributed by atoms with Gasteiger partial charge in [0, 0.05) is 12.7 Å². The van der Waals surface area contributed by atoms with Crippen LogP contribution < -0.4 is 4.90 Å². The van der Waals surface area contributed by atoms with Crippen LogP contribution >= 0.6 is 0 Å². The zero-order valence-corrected chi connectivity index (χ0v) is 16.2. The number of aryl methyl sites for hydroxylation is 1. The minimum absolute atomic E-state index is 0.0703. The molecule has 2 aromatic carbocycles. The third-order valence-electron chi connectivity index (χ3n) is 4.13. The zero-order valence-electron chi connectivity index (χ0n) is 15.4. The lowest BCUT2D eigenvalue weighted by molar-refractivity contribution is -0.139. The third kappa shape index (κ3) is 4.72. The van der Waals surface area contributed by atoms with E-state index in [0.29, 0.717) is 5.69 Å². The molecule has 0 aliphatic heterocycles. The normalized spacial score (nSPS) is 12.6. The molecule has 0 aliphatic carbocycles. The maximum atomic E-state index is 12.8. The average molecular weight is 390 g/mol. The van der Waals surface area contributed by atoms with Gasteiger partial charge in [-0.05, 0) is 38.1 Å². The Morgan fingerprint density at radius 2 is 1.59 bits per heavy atom. The predicted molar refractivity (Wildman–Crippen MR) is 102 cm³/mol. The van der Waals surface area contributed by atoms with Crippen LogP contribution in [0.4, 0.5) is 5.69 Å². The molecule has 27 heavy (non-hydrogen) atoms. The lowest BCUT2D eigenvalue weighted by Gasteiger charge is -2.28. The average Bonchev–Trinajstić information content (AvgIpc) is 2.63. The van der Waals surface area contributed by atoms with Gasteiger partial charge in [0.1, 0.15) is 6.04 Å². The summed E-state index contributed by atoms with van der Waals surface area (Å²) in [7, 11) is -2.58. The van der Waals surface area contributed by atoms with Crippen LogP contribution in [0.3, 0.4) is 0 Å². The fraction of sp³-hybridized carbons (Fsp3) is 0.263. The van der Waals surface area contributed by atoms with E-state index < -0.39 is 34.5 Å². The molecule has 2 aromatic rings. The second-order valence-corrected chi connectivity index (χ2v) is 8.23. The summed E-state index contributed by atoms with van der Waals surface area (Å²) in [6.45, 7) is 2.74. The molecule has 0 heterocycles. The van der Waals surface area contributed by atoms with Crippen molar-refractivity contribution in [2.75, 3.05) is 18.5 Å². The number of hydrogen-bond donors (Lipinski definition) is 1. The highest BCUT2D eigenvalue weighted by Gasteiger charge is 2.30. The molecule has 2 rings (SSSR count). The van der Waals surface area contributed by atoms with Gasteiger partial charge in [0.15, 0.2) is 0 Å². The minimum atomic E-state index is -3.87. The van der Waals surface area contributed by atoms with Crippen LogP contribution in [-0.4, -0.2) is 49.3 Å². The van der Waals surface area contributed by atoms with Crippen molar-refractivity contribution in [1.29, 1.82) is 0 Å². The van der Waals surface area contributed by atoms with E-state index in [1.807, 2.05) is 6.92 Å². The molecule has 1 N–H and O–H groups in total. The Labute approximate surface area is 158 Å². The first-order chi connectivity index (χ1) is 12.6. The summed E-state index contributed by atoms with van der Waals surface area (Å²) in [6, 6.07) is 13.4. The highest BCUT2D eigenvalue weighted by atomic mass is 32.2. The number of carboxylic acid groups (broad SMARTS) is 1. The Hall–Kier alpha value is -2.71.